The van der Waals surface area contributed by atoms with Gasteiger partial charge in [0.25, 0.3) is 10.1 Å². The van der Waals surface area contributed by atoms with Crippen LogP contribution >= 0.6 is 0 Å². The Morgan fingerprint density at radius 1 is 1.20 bits per heavy atom. The van der Waals surface area contributed by atoms with Gasteiger partial charge in [0.15, 0.2) is 0 Å². The van der Waals surface area contributed by atoms with Crippen molar-refractivity contribution in [2.24, 2.45) is 0 Å². The Morgan fingerprint density at radius 2 is 1.73 bits per heavy atom. The number of hydrogen-bond acceptors (Lipinski definition) is 2. The Labute approximate surface area is 90.9 Å². The van der Waals surface area contributed by atoms with Crippen molar-refractivity contribution in [2.45, 2.75) is 31.4 Å². The molecule has 1 saturated carbocycles. The molecule has 0 aliphatic heterocycles. The van der Waals surface area contributed by atoms with E-state index in [0.29, 0.717) is 12.8 Å². The zero-order valence-corrected chi connectivity index (χ0v) is 9.57. The summed E-state index contributed by atoms with van der Waals surface area (Å²) in [5.74, 6) is 0. The molecule has 0 saturated heterocycles. The molecular weight excluding hydrogens is 212 g/mol. The Hall–Kier alpha value is -0.870. The van der Waals surface area contributed by atoms with Crippen LogP contribution in [-0.4, -0.2) is 18.2 Å². The van der Waals surface area contributed by atoms with Crippen LogP contribution in [-0.2, 0) is 10.1 Å². The van der Waals surface area contributed by atoms with Crippen LogP contribution in [0, 0.1) is 6.92 Å². The fourth-order valence-electron chi connectivity index (χ4n) is 1.20. The minimum atomic E-state index is -3.67. The molecule has 0 heterocycles. The normalized spacial score (nSPS) is 16.1. The fraction of sp³-hybridized carbons (Fsp3) is 0.455. The minimum Gasteiger partial charge on any atom is -0.285 e. The Bertz CT molecular complexity index is 380. The summed E-state index contributed by atoms with van der Waals surface area (Å²) < 4.78 is 28.6. The lowest BCUT2D eigenvalue weighted by Crippen LogP contribution is -2.27. The van der Waals surface area contributed by atoms with E-state index in [1.54, 1.807) is 0 Å². The van der Waals surface area contributed by atoms with Gasteiger partial charge in [-0.15, -0.1) is 0 Å². The highest BCUT2D eigenvalue weighted by Crippen LogP contribution is 2.24. The molecule has 15 heavy (non-hydrogen) atoms. The fourth-order valence-corrected chi connectivity index (χ4v) is 2.13. The first-order valence-corrected chi connectivity index (χ1v) is 6.48. The van der Waals surface area contributed by atoms with Crippen LogP contribution < -0.4 is 0 Å². The van der Waals surface area contributed by atoms with Gasteiger partial charge in [-0.2, -0.15) is 8.42 Å². The predicted octanol–water partition coefficient (Wildman–Crippen LogP) is 2.42. The molecule has 0 spiro atoms. The van der Waals surface area contributed by atoms with E-state index in [1.165, 1.54) is 5.56 Å². The lowest BCUT2D eigenvalue weighted by molar-refractivity contribution is 0.413. The Morgan fingerprint density at radius 3 is 1.87 bits per heavy atom. The van der Waals surface area contributed by atoms with Crippen LogP contribution in [0.4, 0.5) is 0 Å². The molecule has 84 valence electrons. The monoisotopic (exact) mass is 228 g/mol. The van der Waals surface area contributed by atoms with Gasteiger partial charge in [0.2, 0.25) is 0 Å². The van der Waals surface area contributed by atoms with Gasteiger partial charge in [-0.3, -0.25) is 4.55 Å². The Balaban J connectivity index is 0.000000151. The maximum atomic E-state index is 10.2. The second-order valence-electron chi connectivity index (χ2n) is 3.72. The van der Waals surface area contributed by atoms with Gasteiger partial charge < -0.3 is 0 Å². The molecule has 1 aromatic rings. The average Bonchev–Trinajstić information content (AvgIpc) is 1.99. The summed E-state index contributed by atoms with van der Waals surface area (Å²) in [5, 5.41) is -0.442. The van der Waals surface area contributed by atoms with Crippen LogP contribution in [0.15, 0.2) is 30.3 Å². The maximum absolute atomic E-state index is 10.2. The van der Waals surface area contributed by atoms with E-state index in [2.05, 4.69) is 19.1 Å². The van der Waals surface area contributed by atoms with Gasteiger partial charge in [0.05, 0.1) is 5.25 Å². The number of aryl methyl sites for hydroxylation is 1. The van der Waals surface area contributed by atoms with Crippen molar-refractivity contribution in [1.29, 1.82) is 0 Å². The molecule has 0 aromatic heterocycles. The van der Waals surface area contributed by atoms with Crippen molar-refractivity contribution in [1.82, 2.24) is 0 Å². The smallest absolute Gasteiger partial charge is 0.267 e. The summed E-state index contributed by atoms with van der Waals surface area (Å²) in [4.78, 5) is 0. The maximum Gasteiger partial charge on any atom is 0.267 e. The molecule has 0 bridgehead atoms. The summed E-state index contributed by atoms with van der Waals surface area (Å²) in [6, 6.07) is 10.3. The van der Waals surface area contributed by atoms with Crippen LogP contribution in [0.5, 0.6) is 0 Å². The molecule has 3 nitrogen and oxygen atoms in total. The highest BCUT2D eigenvalue weighted by Gasteiger charge is 2.28. The van der Waals surface area contributed by atoms with E-state index in [1.807, 2.05) is 18.2 Å². The molecular formula is C11H16O3S. The summed E-state index contributed by atoms with van der Waals surface area (Å²) >= 11 is 0. The average molecular weight is 228 g/mol. The van der Waals surface area contributed by atoms with Crippen LogP contribution in [0.2, 0.25) is 0 Å². The van der Waals surface area contributed by atoms with E-state index in [0.717, 1.165) is 6.42 Å². The zero-order valence-electron chi connectivity index (χ0n) is 8.76. The van der Waals surface area contributed by atoms with Gasteiger partial charge >= 0.3 is 0 Å². The number of hydrogen-bond donors (Lipinski definition) is 1. The third-order valence-corrected chi connectivity index (χ3v) is 3.73. The molecule has 1 aromatic carbocycles. The number of rotatable bonds is 1. The van der Waals surface area contributed by atoms with Gasteiger partial charge in [-0.05, 0) is 19.8 Å². The molecule has 2 rings (SSSR count). The third-order valence-electron chi connectivity index (χ3n) is 2.41. The van der Waals surface area contributed by atoms with Gasteiger partial charge in [-0.25, -0.2) is 0 Å². The van der Waals surface area contributed by atoms with E-state index in [-0.39, 0.29) is 0 Å². The quantitative estimate of drug-likeness (QED) is 0.751. The van der Waals surface area contributed by atoms with Crippen LogP contribution in [0.1, 0.15) is 24.8 Å². The van der Waals surface area contributed by atoms with E-state index < -0.39 is 15.4 Å². The zero-order chi connectivity index (χ0) is 11.3. The first-order chi connectivity index (χ1) is 7.00. The standard InChI is InChI=1S/C7H8.C4H8O3S/c1-7-5-3-2-4-6-7;5-8(6,7)4-2-1-3-4/h2-6H,1H3;4H,1-3H2,(H,5,6,7). The first-order valence-electron chi connectivity index (χ1n) is 4.98. The van der Waals surface area contributed by atoms with Crippen molar-refractivity contribution in [3.8, 4) is 0 Å². The molecule has 1 aliphatic rings. The third kappa shape index (κ3) is 4.44. The summed E-state index contributed by atoms with van der Waals surface area (Å²) in [7, 11) is -3.67. The second kappa shape index (κ2) is 5.28. The number of benzene rings is 1. The molecule has 1 aliphatic carbocycles. The molecule has 0 atom stereocenters. The minimum absolute atomic E-state index is 0.442. The van der Waals surface area contributed by atoms with Crippen LogP contribution in [0.25, 0.3) is 0 Å². The SMILES string of the molecule is Cc1ccccc1.O=S(=O)(O)C1CCC1. The summed E-state index contributed by atoms with van der Waals surface area (Å²) in [6.07, 6.45) is 2.21. The lowest BCUT2D eigenvalue weighted by atomic mass is 10.0. The first kappa shape index (κ1) is 12.2. The molecule has 1 N–H and O–H groups in total. The predicted molar refractivity (Wildman–Crippen MR) is 60.4 cm³/mol. The largest absolute Gasteiger partial charge is 0.285 e. The summed E-state index contributed by atoms with van der Waals surface area (Å²) in [5.41, 5.74) is 1.32. The summed E-state index contributed by atoms with van der Waals surface area (Å²) in [6.45, 7) is 2.08. The molecule has 0 radical (unpaired) electrons. The van der Waals surface area contributed by atoms with Crippen molar-refractivity contribution >= 4 is 10.1 Å². The molecule has 4 heteroatoms. The topological polar surface area (TPSA) is 54.4 Å². The van der Waals surface area contributed by atoms with Crippen molar-refractivity contribution in [3.05, 3.63) is 35.9 Å². The lowest BCUT2D eigenvalue weighted by Gasteiger charge is -2.21. The van der Waals surface area contributed by atoms with Gasteiger partial charge in [0.1, 0.15) is 0 Å². The second-order valence-corrected chi connectivity index (χ2v) is 5.42. The molecule has 0 unspecified atom stereocenters. The van der Waals surface area contributed by atoms with Gasteiger partial charge in [0, 0.05) is 0 Å². The molecule has 1 fully saturated rings. The van der Waals surface area contributed by atoms with E-state index in [9.17, 15) is 8.42 Å². The Kier molecular flexibility index (Phi) is 4.29. The highest BCUT2D eigenvalue weighted by atomic mass is 32.2. The van der Waals surface area contributed by atoms with Crippen molar-refractivity contribution in [2.75, 3.05) is 0 Å². The molecule has 0 amide bonds. The van der Waals surface area contributed by atoms with Crippen molar-refractivity contribution in [3.63, 3.8) is 0 Å². The van der Waals surface area contributed by atoms with E-state index >= 15 is 0 Å². The van der Waals surface area contributed by atoms with Crippen molar-refractivity contribution < 1.29 is 13.0 Å². The van der Waals surface area contributed by atoms with Gasteiger partial charge in [-0.1, -0.05) is 42.3 Å². The van der Waals surface area contributed by atoms with E-state index in [4.69, 9.17) is 4.55 Å². The highest BCUT2D eigenvalue weighted by molar-refractivity contribution is 7.86. The van der Waals surface area contributed by atoms with Crippen LogP contribution in [0.3, 0.4) is 0 Å².